The molecule has 0 aliphatic heterocycles. The van der Waals surface area contributed by atoms with E-state index in [1.165, 1.54) is 0 Å². The van der Waals surface area contributed by atoms with Gasteiger partial charge < -0.3 is 15.7 Å². The lowest BCUT2D eigenvalue weighted by molar-refractivity contribution is -0.123. The van der Waals surface area contributed by atoms with Crippen LogP contribution >= 0.6 is 0 Å². The van der Waals surface area contributed by atoms with Gasteiger partial charge in [-0.05, 0) is 32.4 Å². The number of hydrogen-bond acceptors (Lipinski definition) is 3. The number of hydrogen-bond donors (Lipinski definition) is 3. The average molecular weight is 290 g/mol. The second-order valence-corrected chi connectivity index (χ2v) is 4.98. The fourth-order valence-corrected chi connectivity index (χ4v) is 1.84. The molecule has 0 saturated carbocycles. The summed E-state index contributed by atoms with van der Waals surface area (Å²) in [5.41, 5.74) is 1.49. The molecule has 2 unspecified atom stereocenters. The highest BCUT2D eigenvalue weighted by Gasteiger charge is 2.19. The molecule has 0 heterocycles. The Hall–Kier alpha value is -2.14. The van der Waals surface area contributed by atoms with E-state index < -0.39 is 6.04 Å². The zero-order valence-electron chi connectivity index (χ0n) is 12.4. The number of nitrogens with one attached hydrogen (secondary N) is 2. The Balaban J connectivity index is 2.59. The van der Waals surface area contributed by atoms with Gasteiger partial charge >= 0.3 is 0 Å². The molecule has 5 nitrogen and oxygen atoms in total. The quantitative estimate of drug-likeness (QED) is 0.660. The van der Waals surface area contributed by atoms with Crippen LogP contribution in [0.15, 0.2) is 36.9 Å². The van der Waals surface area contributed by atoms with Crippen molar-refractivity contribution in [2.45, 2.75) is 32.4 Å². The lowest BCUT2D eigenvalue weighted by Gasteiger charge is -2.19. The molecule has 21 heavy (non-hydrogen) atoms. The van der Waals surface area contributed by atoms with Crippen molar-refractivity contribution in [3.05, 3.63) is 48.0 Å². The molecule has 0 radical (unpaired) electrons. The molecule has 5 heteroatoms. The van der Waals surface area contributed by atoms with Gasteiger partial charge in [0.25, 0.3) is 5.91 Å². The Morgan fingerprint density at radius 1 is 1.38 bits per heavy atom. The summed E-state index contributed by atoms with van der Waals surface area (Å²) in [5, 5.41) is 14.4. The summed E-state index contributed by atoms with van der Waals surface area (Å²) in [7, 11) is 0. The van der Waals surface area contributed by atoms with Crippen molar-refractivity contribution < 1.29 is 14.7 Å². The number of benzene rings is 1. The normalized spacial score (nSPS) is 13.1. The molecule has 1 aromatic carbocycles. The number of rotatable bonds is 7. The van der Waals surface area contributed by atoms with E-state index in [0.717, 1.165) is 5.56 Å². The predicted octanol–water partition coefficient (Wildman–Crippen LogP) is 1.17. The average Bonchev–Trinajstić information content (AvgIpc) is 2.46. The number of aliphatic hydroxyl groups is 1. The number of carbonyl (C=O) groups is 2. The van der Waals surface area contributed by atoms with Crippen molar-refractivity contribution in [3.63, 3.8) is 0 Å². The van der Waals surface area contributed by atoms with Gasteiger partial charge in [-0.2, -0.15) is 0 Å². The third-order valence-electron chi connectivity index (χ3n) is 3.04. The van der Waals surface area contributed by atoms with E-state index in [-0.39, 0.29) is 24.5 Å². The maximum Gasteiger partial charge on any atom is 0.251 e. The van der Waals surface area contributed by atoms with Crippen molar-refractivity contribution in [2.75, 3.05) is 6.61 Å². The highest BCUT2D eigenvalue weighted by Crippen LogP contribution is 2.04. The highest BCUT2D eigenvalue weighted by molar-refractivity contribution is 5.97. The largest absolute Gasteiger partial charge is 0.394 e. The van der Waals surface area contributed by atoms with E-state index in [1.54, 1.807) is 31.2 Å². The van der Waals surface area contributed by atoms with Gasteiger partial charge in [-0.25, -0.2) is 0 Å². The van der Waals surface area contributed by atoms with Crippen LogP contribution < -0.4 is 10.6 Å². The SMILES string of the molecule is C=CCC(CO)NC(=O)C(C)NC(=O)c1cccc(C)c1. The van der Waals surface area contributed by atoms with Crippen molar-refractivity contribution in [3.8, 4) is 0 Å². The van der Waals surface area contributed by atoms with E-state index in [9.17, 15) is 9.59 Å². The number of amides is 2. The Morgan fingerprint density at radius 2 is 2.10 bits per heavy atom. The van der Waals surface area contributed by atoms with E-state index in [0.29, 0.717) is 12.0 Å². The third-order valence-corrected chi connectivity index (χ3v) is 3.04. The number of carbonyl (C=O) groups excluding carboxylic acids is 2. The second-order valence-electron chi connectivity index (χ2n) is 4.98. The molecule has 0 aromatic heterocycles. The van der Waals surface area contributed by atoms with E-state index in [1.807, 2.05) is 13.0 Å². The van der Waals surface area contributed by atoms with Gasteiger partial charge in [0.15, 0.2) is 0 Å². The standard InChI is InChI=1S/C16H22N2O3/c1-4-6-14(10-19)18-15(20)12(3)17-16(21)13-8-5-7-11(2)9-13/h4-5,7-9,12,14,19H,1,6,10H2,2-3H3,(H,17,21)(H,18,20). The van der Waals surface area contributed by atoms with Gasteiger partial charge in [0.05, 0.1) is 12.6 Å². The van der Waals surface area contributed by atoms with Gasteiger partial charge in [0, 0.05) is 5.56 Å². The van der Waals surface area contributed by atoms with Crippen molar-refractivity contribution in [2.24, 2.45) is 0 Å². The molecule has 114 valence electrons. The number of aryl methyl sites for hydroxylation is 1. The maximum absolute atomic E-state index is 12.0. The molecular formula is C16H22N2O3. The minimum atomic E-state index is -0.683. The Morgan fingerprint density at radius 3 is 2.67 bits per heavy atom. The van der Waals surface area contributed by atoms with Crippen LogP contribution in [-0.2, 0) is 4.79 Å². The number of aliphatic hydroxyl groups excluding tert-OH is 1. The molecular weight excluding hydrogens is 268 g/mol. The van der Waals surface area contributed by atoms with E-state index in [2.05, 4.69) is 17.2 Å². The molecule has 3 N–H and O–H groups in total. The topological polar surface area (TPSA) is 78.4 Å². The monoisotopic (exact) mass is 290 g/mol. The molecule has 1 rings (SSSR count). The first-order valence-electron chi connectivity index (χ1n) is 6.87. The molecule has 0 aliphatic carbocycles. The summed E-state index contributed by atoms with van der Waals surface area (Å²) in [6.07, 6.45) is 2.10. The molecule has 0 fully saturated rings. The lowest BCUT2D eigenvalue weighted by atomic mass is 10.1. The van der Waals surface area contributed by atoms with Crippen LogP contribution in [0, 0.1) is 6.92 Å². The van der Waals surface area contributed by atoms with Crippen molar-refractivity contribution in [1.82, 2.24) is 10.6 Å². The Labute approximate surface area is 125 Å². The zero-order valence-corrected chi connectivity index (χ0v) is 12.4. The third kappa shape index (κ3) is 5.39. The van der Waals surface area contributed by atoms with Gasteiger partial charge in [-0.3, -0.25) is 9.59 Å². The first-order chi connectivity index (χ1) is 9.97. The van der Waals surface area contributed by atoms with Crippen LogP contribution in [0.1, 0.15) is 29.3 Å². The van der Waals surface area contributed by atoms with Crippen LogP contribution in [0.25, 0.3) is 0 Å². The van der Waals surface area contributed by atoms with Crippen LogP contribution in [0.3, 0.4) is 0 Å². The van der Waals surface area contributed by atoms with Gasteiger partial charge in [-0.1, -0.05) is 23.8 Å². The summed E-state index contributed by atoms with van der Waals surface area (Å²) in [5.74, 6) is -0.637. The molecule has 0 bridgehead atoms. The van der Waals surface area contributed by atoms with Crippen LogP contribution in [0.4, 0.5) is 0 Å². The molecule has 2 atom stereocenters. The minimum Gasteiger partial charge on any atom is -0.394 e. The van der Waals surface area contributed by atoms with E-state index >= 15 is 0 Å². The smallest absolute Gasteiger partial charge is 0.251 e. The first kappa shape index (κ1) is 16.9. The van der Waals surface area contributed by atoms with Gasteiger partial charge in [0.1, 0.15) is 6.04 Å². The molecule has 0 saturated heterocycles. The summed E-state index contributed by atoms with van der Waals surface area (Å²) in [4.78, 5) is 24.0. The molecule has 0 aliphatic rings. The van der Waals surface area contributed by atoms with Gasteiger partial charge in [-0.15, -0.1) is 6.58 Å². The highest BCUT2D eigenvalue weighted by atomic mass is 16.3. The van der Waals surface area contributed by atoms with Crippen LogP contribution in [-0.4, -0.2) is 35.6 Å². The minimum absolute atomic E-state index is 0.170. The Bertz CT molecular complexity index is 514. The molecule has 2 amide bonds. The zero-order chi connectivity index (χ0) is 15.8. The summed E-state index contributed by atoms with van der Waals surface area (Å²) in [6.45, 7) is 6.89. The fourth-order valence-electron chi connectivity index (χ4n) is 1.84. The van der Waals surface area contributed by atoms with E-state index in [4.69, 9.17) is 5.11 Å². The summed E-state index contributed by atoms with van der Waals surface area (Å²) in [6, 6.07) is 6.08. The fraction of sp³-hybridized carbons (Fsp3) is 0.375. The van der Waals surface area contributed by atoms with Crippen molar-refractivity contribution in [1.29, 1.82) is 0 Å². The second kappa shape index (κ2) is 8.21. The van der Waals surface area contributed by atoms with Crippen molar-refractivity contribution >= 4 is 11.8 Å². The van der Waals surface area contributed by atoms with Gasteiger partial charge in [0.2, 0.25) is 5.91 Å². The maximum atomic E-state index is 12.0. The van der Waals surface area contributed by atoms with Crippen LogP contribution in [0.5, 0.6) is 0 Å². The summed E-state index contributed by atoms with van der Waals surface area (Å²) < 4.78 is 0. The summed E-state index contributed by atoms with van der Waals surface area (Å²) >= 11 is 0. The Kier molecular flexibility index (Phi) is 6.62. The molecule has 1 aromatic rings. The predicted molar refractivity (Wildman–Crippen MR) is 81.9 cm³/mol. The van der Waals surface area contributed by atoms with Crippen LogP contribution in [0.2, 0.25) is 0 Å². The molecule has 0 spiro atoms. The lowest BCUT2D eigenvalue weighted by Crippen LogP contribution is -2.48. The first-order valence-corrected chi connectivity index (χ1v) is 6.87.